The van der Waals surface area contributed by atoms with Gasteiger partial charge in [-0.2, -0.15) is 0 Å². The molecule has 1 N–H and O–H groups in total. The number of carbonyl (C=O) groups excluding carboxylic acids is 1. The van der Waals surface area contributed by atoms with Gasteiger partial charge in [0.25, 0.3) is 0 Å². The molecule has 0 amide bonds. The predicted octanol–water partition coefficient (Wildman–Crippen LogP) is 4.58. The molecule has 2 nitrogen and oxygen atoms in total. The van der Waals surface area contributed by atoms with Crippen LogP contribution in [-0.4, -0.2) is 5.78 Å². The molecule has 1 aliphatic rings. The van der Waals surface area contributed by atoms with Crippen molar-refractivity contribution in [2.45, 2.75) is 12.5 Å². The Hall–Kier alpha value is -2.61. The van der Waals surface area contributed by atoms with Crippen molar-refractivity contribution in [3.8, 4) is 0 Å². The zero-order valence-corrected chi connectivity index (χ0v) is 11.5. The molecule has 0 saturated carbocycles. The molecule has 3 aromatic carbocycles. The van der Waals surface area contributed by atoms with E-state index in [9.17, 15) is 4.79 Å². The number of anilines is 1. The fourth-order valence-corrected chi connectivity index (χ4v) is 3.13. The highest BCUT2D eigenvalue weighted by molar-refractivity contribution is 6.04. The Morgan fingerprint density at radius 2 is 1.62 bits per heavy atom. The lowest BCUT2D eigenvalue weighted by Crippen LogP contribution is -2.22. The summed E-state index contributed by atoms with van der Waals surface area (Å²) >= 11 is 0. The molecular formula is C19H15NO. The van der Waals surface area contributed by atoms with E-state index in [2.05, 4.69) is 35.6 Å². The van der Waals surface area contributed by atoms with E-state index in [-0.39, 0.29) is 11.8 Å². The van der Waals surface area contributed by atoms with E-state index in [0.29, 0.717) is 6.42 Å². The Bertz CT molecular complexity index is 832. The predicted molar refractivity (Wildman–Crippen MR) is 85.7 cm³/mol. The van der Waals surface area contributed by atoms with Gasteiger partial charge in [-0.25, -0.2) is 0 Å². The molecule has 4 rings (SSSR count). The summed E-state index contributed by atoms with van der Waals surface area (Å²) in [5.74, 6) is 0.210. The molecule has 1 aliphatic heterocycles. The molecule has 0 aliphatic carbocycles. The summed E-state index contributed by atoms with van der Waals surface area (Å²) in [6.45, 7) is 0. The standard InChI is InChI=1S/C19H15NO/c21-19-12-18(20-17-11-4-3-9-16(17)19)15-10-5-7-13-6-1-2-8-14(13)15/h1-11,18,20H,12H2. The van der Waals surface area contributed by atoms with E-state index in [1.165, 1.54) is 16.3 Å². The monoisotopic (exact) mass is 273 g/mol. The maximum Gasteiger partial charge on any atom is 0.167 e. The highest BCUT2D eigenvalue weighted by Crippen LogP contribution is 2.35. The van der Waals surface area contributed by atoms with Crippen LogP contribution in [0.3, 0.4) is 0 Å². The fourth-order valence-electron chi connectivity index (χ4n) is 3.13. The number of fused-ring (bicyclic) bond motifs is 2. The summed E-state index contributed by atoms with van der Waals surface area (Å²) < 4.78 is 0. The normalized spacial score (nSPS) is 17.3. The molecule has 1 unspecified atom stereocenters. The van der Waals surface area contributed by atoms with Crippen LogP contribution in [0.15, 0.2) is 66.7 Å². The third kappa shape index (κ3) is 2.00. The summed E-state index contributed by atoms with van der Waals surface area (Å²) in [5, 5.41) is 5.94. The average molecular weight is 273 g/mol. The van der Waals surface area contributed by atoms with Gasteiger partial charge in [-0.3, -0.25) is 4.79 Å². The third-order valence-electron chi connectivity index (χ3n) is 4.15. The highest BCUT2D eigenvalue weighted by atomic mass is 16.1. The van der Waals surface area contributed by atoms with Crippen molar-refractivity contribution in [2.75, 3.05) is 5.32 Å². The van der Waals surface area contributed by atoms with Crippen LogP contribution in [0, 0.1) is 0 Å². The van der Waals surface area contributed by atoms with Gasteiger partial charge in [0.15, 0.2) is 5.78 Å². The zero-order valence-electron chi connectivity index (χ0n) is 11.5. The second-order valence-corrected chi connectivity index (χ2v) is 5.44. The minimum Gasteiger partial charge on any atom is -0.377 e. The molecule has 1 heterocycles. The summed E-state index contributed by atoms with van der Waals surface area (Å²) in [6, 6.07) is 22.4. The van der Waals surface area contributed by atoms with Gasteiger partial charge in [-0.05, 0) is 28.5 Å². The van der Waals surface area contributed by atoms with Gasteiger partial charge in [0, 0.05) is 17.7 Å². The second kappa shape index (κ2) is 4.74. The molecule has 0 radical (unpaired) electrons. The molecule has 0 fully saturated rings. The van der Waals surface area contributed by atoms with E-state index >= 15 is 0 Å². The molecule has 102 valence electrons. The summed E-state index contributed by atoms with van der Waals surface area (Å²) in [4.78, 5) is 12.4. The molecular weight excluding hydrogens is 258 g/mol. The van der Waals surface area contributed by atoms with Gasteiger partial charge in [-0.1, -0.05) is 54.6 Å². The van der Waals surface area contributed by atoms with Crippen molar-refractivity contribution < 1.29 is 4.79 Å². The van der Waals surface area contributed by atoms with E-state index in [4.69, 9.17) is 0 Å². The van der Waals surface area contributed by atoms with Gasteiger partial charge >= 0.3 is 0 Å². The van der Waals surface area contributed by atoms with E-state index in [1.807, 2.05) is 36.4 Å². The van der Waals surface area contributed by atoms with Gasteiger partial charge in [0.1, 0.15) is 0 Å². The van der Waals surface area contributed by atoms with Crippen molar-refractivity contribution in [1.82, 2.24) is 0 Å². The average Bonchev–Trinajstić information content (AvgIpc) is 2.54. The van der Waals surface area contributed by atoms with Crippen molar-refractivity contribution in [3.63, 3.8) is 0 Å². The van der Waals surface area contributed by atoms with Gasteiger partial charge < -0.3 is 5.32 Å². The van der Waals surface area contributed by atoms with Crippen LogP contribution in [-0.2, 0) is 0 Å². The molecule has 0 bridgehead atoms. The summed E-state index contributed by atoms with van der Waals surface area (Å²) in [7, 11) is 0. The zero-order chi connectivity index (χ0) is 14.2. The number of Topliss-reactive ketones (excluding diaryl/α,β-unsaturated/α-hetero) is 1. The van der Waals surface area contributed by atoms with Crippen molar-refractivity contribution in [3.05, 3.63) is 77.9 Å². The number of nitrogens with one attached hydrogen (secondary N) is 1. The Morgan fingerprint density at radius 1 is 0.857 bits per heavy atom. The van der Waals surface area contributed by atoms with Gasteiger partial charge in [0.05, 0.1) is 6.04 Å². The van der Waals surface area contributed by atoms with E-state index in [1.54, 1.807) is 0 Å². The minimum atomic E-state index is 0.0403. The number of benzene rings is 3. The third-order valence-corrected chi connectivity index (χ3v) is 4.15. The topological polar surface area (TPSA) is 29.1 Å². The van der Waals surface area contributed by atoms with Crippen molar-refractivity contribution >= 4 is 22.2 Å². The SMILES string of the molecule is O=C1CC(c2cccc3ccccc23)Nc2ccccc21. The van der Waals surface area contributed by atoms with E-state index in [0.717, 1.165) is 11.3 Å². The van der Waals surface area contributed by atoms with Crippen LogP contribution in [0.4, 0.5) is 5.69 Å². The van der Waals surface area contributed by atoms with Crippen LogP contribution >= 0.6 is 0 Å². The molecule has 1 atom stereocenters. The second-order valence-electron chi connectivity index (χ2n) is 5.44. The Balaban J connectivity index is 1.83. The molecule has 0 spiro atoms. The van der Waals surface area contributed by atoms with Gasteiger partial charge in [0.2, 0.25) is 0 Å². The van der Waals surface area contributed by atoms with Crippen LogP contribution in [0.5, 0.6) is 0 Å². The lowest BCUT2D eigenvalue weighted by Gasteiger charge is -2.27. The summed E-state index contributed by atoms with van der Waals surface area (Å²) in [6.07, 6.45) is 0.505. The van der Waals surface area contributed by atoms with Crippen LogP contribution in [0.1, 0.15) is 28.4 Å². The Kier molecular flexibility index (Phi) is 2.74. The number of ketones is 1. The fraction of sp³-hybridized carbons (Fsp3) is 0.105. The molecule has 0 saturated heterocycles. The lowest BCUT2D eigenvalue weighted by molar-refractivity contribution is 0.0972. The first-order valence-corrected chi connectivity index (χ1v) is 7.19. The first-order valence-electron chi connectivity index (χ1n) is 7.19. The number of hydrogen-bond donors (Lipinski definition) is 1. The molecule has 3 aromatic rings. The lowest BCUT2D eigenvalue weighted by atomic mass is 9.90. The number of para-hydroxylation sites is 1. The number of hydrogen-bond acceptors (Lipinski definition) is 2. The van der Waals surface area contributed by atoms with Crippen LogP contribution < -0.4 is 5.32 Å². The van der Waals surface area contributed by atoms with Crippen molar-refractivity contribution in [1.29, 1.82) is 0 Å². The smallest absolute Gasteiger partial charge is 0.167 e. The summed E-state index contributed by atoms with van der Waals surface area (Å²) in [5.41, 5.74) is 2.93. The van der Waals surface area contributed by atoms with Gasteiger partial charge in [-0.15, -0.1) is 0 Å². The molecule has 2 heteroatoms. The maximum absolute atomic E-state index is 12.4. The Labute approximate surface area is 123 Å². The number of rotatable bonds is 1. The highest BCUT2D eigenvalue weighted by Gasteiger charge is 2.25. The quantitative estimate of drug-likeness (QED) is 0.703. The first-order chi connectivity index (χ1) is 10.3. The molecule has 0 aromatic heterocycles. The minimum absolute atomic E-state index is 0.0403. The van der Waals surface area contributed by atoms with E-state index < -0.39 is 0 Å². The molecule has 21 heavy (non-hydrogen) atoms. The van der Waals surface area contributed by atoms with Crippen molar-refractivity contribution in [2.24, 2.45) is 0 Å². The largest absolute Gasteiger partial charge is 0.377 e. The first kappa shape index (κ1) is 12.2. The van der Waals surface area contributed by atoms with Crippen LogP contribution in [0.2, 0.25) is 0 Å². The Morgan fingerprint density at radius 3 is 2.57 bits per heavy atom. The number of carbonyl (C=O) groups is 1. The maximum atomic E-state index is 12.4. The van der Waals surface area contributed by atoms with Crippen LogP contribution in [0.25, 0.3) is 10.8 Å².